The van der Waals surface area contributed by atoms with Gasteiger partial charge in [0.2, 0.25) is 0 Å². The molecule has 0 saturated heterocycles. The Bertz CT molecular complexity index is 743. The highest BCUT2D eigenvalue weighted by Gasteiger charge is 2.14. The third-order valence-electron chi connectivity index (χ3n) is 2.59. The van der Waals surface area contributed by atoms with Crippen LogP contribution in [0.2, 0.25) is 0 Å². The summed E-state index contributed by atoms with van der Waals surface area (Å²) in [5.74, 6) is -1.11. The summed E-state index contributed by atoms with van der Waals surface area (Å²) in [5.41, 5.74) is 3.17. The predicted molar refractivity (Wildman–Crippen MR) is 81.5 cm³/mol. The molecule has 2 aromatic rings. The number of carboxylic acids is 1. The topological polar surface area (TPSA) is 95.5 Å². The second-order valence-electron chi connectivity index (χ2n) is 4.07. The maximum absolute atomic E-state index is 12.0. The van der Waals surface area contributed by atoms with Gasteiger partial charge in [-0.15, -0.1) is 4.83 Å². The highest BCUT2D eigenvalue weighted by molar-refractivity contribution is 9.10. The van der Waals surface area contributed by atoms with Crippen LogP contribution in [-0.2, 0) is 10.0 Å². The molecule has 0 amide bonds. The molecule has 6 nitrogen and oxygen atoms in total. The van der Waals surface area contributed by atoms with E-state index in [9.17, 15) is 13.2 Å². The number of halogens is 1. The first kappa shape index (κ1) is 15.5. The van der Waals surface area contributed by atoms with E-state index in [1.807, 2.05) is 0 Å². The average molecular weight is 371 g/mol. The Balaban J connectivity index is 2.11. The number of hydrogen-bond donors (Lipinski definition) is 3. The van der Waals surface area contributed by atoms with E-state index < -0.39 is 16.0 Å². The van der Waals surface area contributed by atoms with E-state index in [-0.39, 0.29) is 10.5 Å². The number of rotatable bonds is 5. The molecule has 0 radical (unpaired) electrons. The first-order chi connectivity index (χ1) is 9.88. The minimum absolute atomic E-state index is 0.0230. The molecule has 0 fully saturated rings. The van der Waals surface area contributed by atoms with Crippen molar-refractivity contribution < 1.29 is 18.3 Å². The summed E-state index contributed by atoms with van der Waals surface area (Å²) in [5, 5.41) is 8.77. The van der Waals surface area contributed by atoms with Crippen molar-refractivity contribution in [1.29, 1.82) is 0 Å². The molecule has 0 aliphatic rings. The molecule has 0 saturated carbocycles. The zero-order chi connectivity index (χ0) is 15.5. The summed E-state index contributed by atoms with van der Waals surface area (Å²) in [4.78, 5) is 12.9. The van der Waals surface area contributed by atoms with E-state index in [0.29, 0.717) is 5.69 Å². The van der Waals surface area contributed by atoms with E-state index in [0.717, 1.165) is 4.47 Å². The zero-order valence-corrected chi connectivity index (χ0v) is 13.0. The number of anilines is 1. The molecule has 0 aromatic heterocycles. The summed E-state index contributed by atoms with van der Waals surface area (Å²) < 4.78 is 24.9. The molecule has 2 rings (SSSR count). The molecule has 8 heteroatoms. The van der Waals surface area contributed by atoms with Gasteiger partial charge in [-0.2, -0.15) is 0 Å². The first-order valence-electron chi connectivity index (χ1n) is 5.75. The summed E-state index contributed by atoms with van der Waals surface area (Å²) in [7, 11) is -3.78. The van der Waals surface area contributed by atoms with Gasteiger partial charge in [0.1, 0.15) is 0 Å². The molecule has 0 heterocycles. The van der Waals surface area contributed by atoms with Crippen molar-refractivity contribution in [1.82, 2.24) is 4.83 Å². The molecule has 0 unspecified atom stereocenters. The van der Waals surface area contributed by atoms with Crippen LogP contribution in [-0.4, -0.2) is 19.5 Å². The zero-order valence-electron chi connectivity index (χ0n) is 10.6. The SMILES string of the molecule is O=C(O)c1ccc(S(=O)(=O)NNc2ccc(Br)cc2)cc1. The lowest BCUT2D eigenvalue weighted by Crippen LogP contribution is -2.29. The number of sulfonamides is 1. The molecule has 0 spiro atoms. The van der Waals surface area contributed by atoms with Crippen molar-refractivity contribution in [3.05, 3.63) is 58.6 Å². The minimum atomic E-state index is -3.78. The van der Waals surface area contributed by atoms with Gasteiger partial charge in [0.25, 0.3) is 10.0 Å². The van der Waals surface area contributed by atoms with E-state index in [1.165, 1.54) is 24.3 Å². The third-order valence-corrected chi connectivity index (χ3v) is 4.38. The second-order valence-corrected chi connectivity index (χ2v) is 6.66. The molecule has 0 aliphatic heterocycles. The van der Waals surface area contributed by atoms with Crippen LogP contribution < -0.4 is 10.3 Å². The van der Waals surface area contributed by atoms with Crippen LogP contribution >= 0.6 is 15.9 Å². The van der Waals surface area contributed by atoms with E-state index in [2.05, 4.69) is 26.2 Å². The minimum Gasteiger partial charge on any atom is -0.478 e. The number of benzene rings is 2. The van der Waals surface area contributed by atoms with Gasteiger partial charge < -0.3 is 10.5 Å². The van der Waals surface area contributed by atoms with Crippen molar-refractivity contribution >= 4 is 37.6 Å². The number of carboxylic acid groups (broad SMARTS) is 1. The van der Waals surface area contributed by atoms with Gasteiger partial charge in [-0.05, 0) is 48.5 Å². The van der Waals surface area contributed by atoms with Gasteiger partial charge >= 0.3 is 5.97 Å². The lowest BCUT2D eigenvalue weighted by atomic mass is 10.2. The molecule has 0 bridgehead atoms. The van der Waals surface area contributed by atoms with Crippen LogP contribution in [0.25, 0.3) is 0 Å². The molecule has 21 heavy (non-hydrogen) atoms. The molecule has 2 aromatic carbocycles. The largest absolute Gasteiger partial charge is 0.478 e. The van der Waals surface area contributed by atoms with Crippen molar-refractivity contribution in [2.45, 2.75) is 4.90 Å². The smallest absolute Gasteiger partial charge is 0.335 e. The van der Waals surface area contributed by atoms with Crippen molar-refractivity contribution in [3.8, 4) is 0 Å². The fourth-order valence-electron chi connectivity index (χ4n) is 1.49. The Kier molecular flexibility index (Phi) is 4.61. The van der Waals surface area contributed by atoms with Crippen LogP contribution in [0.1, 0.15) is 10.4 Å². The van der Waals surface area contributed by atoms with Crippen LogP contribution in [0.5, 0.6) is 0 Å². The van der Waals surface area contributed by atoms with E-state index in [4.69, 9.17) is 5.11 Å². The van der Waals surface area contributed by atoms with Gasteiger partial charge in [-0.25, -0.2) is 13.2 Å². The molecule has 110 valence electrons. The highest BCUT2D eigenvalue weighted by Crippen LogP contribution is 2.15. The Morgan fingerprint density at radius 3 is 2.10 bits per heavy atom. The second kappa shape index (κ2) is 6.25. The van der Waals surface area contributed by atoms with Crippen molar-refractivity contribution in [2.24, 2.45) is 0 Å². The number of hydrogen-bond acceptors (Lipinski definition) is 4. The molecule has 0 atom stereocenters. The standard InChI is InChI=1S/C13H11BrN2O4S/c14-10-3-5-11(6-4-10)15-16-21(19,20)12-7-1-9(2-8-12)13(17)18/h1-8,15-16H,(H,17,18). The predicted octanol–water partition coefficient (Wildman–Crippen LogP) is 2.45. The first-order valence-corrected chi connectivity index (χ1v) is 8.03. The Labute approximate surface area is 130 Å². The van der Waals surface area contributed by atoms with Crippen molar-refractivity contribution in [3.63, 3.8) is 0 Å². The van der Waals surface area contributed by atoms with Gasteiger partial charge in [-0.3, -0.25) is 0 Å². The van der Waals surface area contributed by atoms with Gasteiger partial charge in [0, 0.05) is 10.2 Å². The van der Waals surface area contributed by atoms with Gasteiger partial charge in [0.05, 0.1) is 10.5 Å². The molecular formula is C13H11BrN2O4S. The summed E-state index contributed by atoms with van der Waals surface area (Å²) in [6.45, 7) is 0. The van der Waals surface area contributed by atoms with Crippen molar-refractivity contribution in [2.75, 3.05) is 5.43 Å². The van der Waals surface area contributed by atoms with Crippen LogP contribution in [0.3, 0.4) is 0 Å². The summed E-state index contributed by atoms with van der Waals surface area (Å²) >= 11 is 3.28. The molecule has 3 N–H and O–H groups in total. The van der Waals surface area contributed by atoms with Gasteiger partial charge in [-0.1, -0.05) is 15.9 Å². The van der Waals surface area contributed by atoms with E-state index in [1.54, 1.807) is 24.3 Å². The molecular weight excluding hydrogens is 360 g/mol. The van der Waals surface area contributed by atoms with Crippen LogP contribution in [0, 0.1) is 0 Å². The third kappa shape index (κ3) is 4.03. The quantitative estimate of drug-likeness (QED) is 0.702. The Morgan fingerprint density at radius 1 is 1.00 bits per heavy atom. The fourth-order valence-corrected chi connectivity index (χ4v) is 2.62. The van der Waals surface area contributed by atoms with Crippen LogP contribution in [0.15, 0.2) is 57.9 Å². The Morgan fingerprint density at radius 2 is 1.57 bits per heavy atom. The average Bonchev–Trinajstić information content (AvgIpc) is 2.47. The molecule has 0 aliphatic carbocycles. The monoisotopic (exact) mass is 370 g/mol. The maximum atomic E-state index is 12.0. The summed E-state index contributed by atoms with van der Waals surface area (Å²) in [6, 6.07) is 11.8. The Hall–Kier alpha value is -1.90. The fraction of sp³-hybridized carbons (Fsp3) is 0. The maximum Gasteiger partial charge on any atom is 0.335 e. The van der Waals surface area contributed by atoms with Gasteiger partial charge in [0.15, 0.2) is 0 Å². The normalized spacial score (nSPS) is 11.1. The van der Waals surface area contributed by atoms with Crippen LogP contribution in [0.4, 0.5) is 5.69 Å². The van der Waals surface area contributed by atoms with E-state index >= 15 is 0 Å². The number of carbonyl (C=O) groups is 1. The number of nitrogens with one attached hydrogen (secondary N) is 2. The number of hydrazine groups is 1. The lowest BCUT2D eigenvalue weighted by Gasteiger charge is -2.09. The highest BCUT2D eigenvalue weighted by atomic mass is 79.9. The summed E-state index contributed by atoms with van der Waals surface area (Å²) in [6.07, 6.45) is 0. The lowest BCUT2D eigenvalue weighted by molar-refractivity contribution is 0.0696. The number of aromatic carboxylic acids is 1.